The summed E-state index contributed by atoms with van der Waals surface area (Å²) in [6.07, 6.45) is 0. The van der Waals surface area contributed by atoms with Crippen LogP contribution in [0.1, 0.15) is 11.5 Å². The largest absolute Gasteiger partial charge is 0.396 e. The van der Waals surface area contributed by atoms with Crippen molar-refractivity contribution in [2.75, 3.05) is 19.7 Å². The molecule has 4 heteroatoms. The third-order valence-corrected chi connectivity index (χ3v) is 3.25. The number of halogens is 1. The van der Waals surface area contributed by atoms with Gasteiger partial charge in [0.05, 0.1) is 0 Å². The zero-order valence-electron chi connectivity index (χ0n) is 7.27. The predicted molar refractivity (Wildman–Crippen MR) is 57.8 cm³/mol. The molecule has 2 N–H and O–H groups in total. The molecule has 0 radical (unpaired) electrons. The van der Waals surface area contributed by atoms with Crippen molar-refractivity contribution < 1.29 is 5.11 Å². The summed E-state index contributed by atoms with van der Waals surface area (Å²) < 4.78 is 0. The van der Waals surface area contributed by atoms with Crippen molar-refractivity contribution in [3.8, 4) is 0 Å². The molecule has 1 fully saturated rings. The number of hydrogen-bond acceptors (Lipinski definition) is 3. The lowest BCUT2D eigenvalue weighted by atomic mass is 9.92. The Balaban J connectivity index is 0.000000845. The van der Waals surface area contributed by atoms with E-state index in [1.807, 2.05) is 0 Å². The Kier molecular flexibility index (Phi) is 4.19. The molecule has 0 aliphatic carbocycles. The highest BCUT2D eigenvalue weighted by molar-refractivity contribution is 7.07. The van der Waals surface area contributed by atoms with E-state index in [9.17, 15) is 0 Å². The highest BCUT2D eigenvalue weighted by Crippen LogP contribution is 2.28. The van der Waals surface area contributed by atoms with Gasteiger partial charge in [-0.05, 0) is 22.4 Å². The number of aliphatic hydroxyl groups excluding tert-OH is 1. The van der Waals surface area contributed by atoms with E-state index in [1.165, 1.54) is 5.56 Å². The van der Waals surface area contributed by atoms with Crippen LogP contribution in [0.3, 0.4) is 0 Å². The Hall–Kier alpha value is -0.0900. The second-order valence-corrected chi connectivity index (χ2v) is 4.04. The van der Waals surface area contributed by atoms with Gasteiger partial charge in [0, 0.05) is 31.5 Å². The topological polar surface area (TPSA) is 32.3 Å². The molecule has 13 heavy (non-hydrogen) atoms. The minimum atomic E-state index is 0. The summed E-state index contributed by atoms with van der Waals surface area (Å²) in [6, 6.07) is 2.16. The molecule has 2 atom stereocenters. The standard InChI is InChI=1S/C9H13NOS.ClH/c11-5-8-3-10-4-9(8)7-1-2-12-6-7;/h1-2,6,8-11H,3-5H2;1H/t8-,9-;/m0./s1. The van der Waals surface area contributed by atoms with Gasteiger partial charge in [0.2, 0.25) is 0 Å². The summed E-state index contributed by atoms with van der Waals surface area (Å²) >= 11 is 1.73. The van der Waals surface area contributed by atoms with Crippen LogP contribution in [0.15, 0.2) is 16.8 Å². The number of rotatable bonds is 2. The van der Waals surface area contributed by atoms with Crippen LogP contribution < -0.4 is 5.32 Å². The first kappa shape index (κ1) is 11.0. The molecule has 1 aromatic rings. The van der Waals surface area contributed by atoms with Crippen molar-refractivity contribution in [1.29, 1.82) is 0 Å². The van der Waals surface area contributed by atoms with Crippen LogP contribution in [0, 0.1) is 5.92 Å². The molecule has 0 unspecified atom stereocenters. The Morgan fingerprint density at radius 3 is 3.00 bits per heavy atom. The van der Waals surface area contributed by atoms with Crippen LogP contribution in [0.5, 0.6) is 0 Å². The molecule has 0 spiro atoms. The minimum Gasteiger partial charge on any atom is -0.396 e. The molecule has 0 saturated carbocycles. The molecule has 1 aliphatic rings. The van der Waals surface area contributed by atoms with Crippen molar-refractivity contribution in [1.82, 2.24) is 5.32 Å². The predicted octanol–water partition coefficient (Wildman–Crippen LogP) is 1.47. The second-order valence-electron chi connectivity index (χ2n) is 3.26. The average molecular weight is 220 g/mol. The molecule has 2 nitrogen and oxygen atoms in total. The molecule has 1 aliphatic heterocycles. The molecular formula is C9H14ClNOS. The molecule has 0 amide bonds. The Morgan fingerprint density at radius 2 is 2.38 bits per heavy atom. The highest BCUT2D eigenvalue weighted by atomic mass is 35.5. The van der Waals surface area contributed by atoms with E-state index in [4.69, 9.17) is 5.11 Å². The van der Waals surface area contributed by atoms with Crippen molar-refractivity contribution >= 4 is 23.7 Å². The minimum absolute atomic E-state index is 0. The summed E-state index contributed by atoms with van der Waals surface area (Å²) in [6.45, 7) is 2.27. The van der Waals surface area contributed by atoms with Crippen LogP contribution in [-0.4, -0.2) is 24.8 Å². The van der Waals surface area contributed by atoms with Gasteiger partial charge in [-0.1, -0.05) is 0 Å². The van der Waals surface area contributed by atoms with Crippen LogP contribution in [-0.2, 0) is 0 Å². The van der Waals surface area contributed by atoms with Crippen LogP contribution in [0.2, 0.25) is 0 Å². The smallest absolute Gasteiger partial charge is 0.0477 e. The van der Waals surface area contributed by atoms with Gasteiger partial charge < -0.3 is 10.4 Å². The molecular weight excluding hydrogens is 206 g/mol. The summed E-state index contributed by atoms with van der Waals surface area (Å²) in [4.78, 5) is 0. The third-order valence-electron chi connectivity index (χ3n) is 2.55. The summed E-state index contributed by atoms with van der Waals surface area (Å²) in [5, 5.41) is 16.7. The van der Waals surface area contributed by atoms with Gasteiger partial charge >= 0.3 is 0 Å². The van der Waals surface area contributed by atoms with Crippen molar-refractivity contribution in [2.24, 2.45) is 5.92 Å². The fourth-order valence-corrected chi connectivity index (χ4v) is 2.53. The Morgan fingerprint density at radius 1 is 1.54 bits per heavy atom. The lowest BCUT2D eigenvalue weighted by Crippen LogP contribution is -2.14. The number of aliphatic hydroxyl groups is 1. The normalized spacial score (nSPS) is 27.2. The van der Waals surface area contributed by atoms with Gasteiger partial charge in [-0.2, -0.15) is 11.3 Å². The van der Waals surface area contributed by atoms with Crippen molar-refractivity contribution in [3.05, 3.63) is 22.4 Å². The summed E-state index contributed by atoms with van der Waals surface area (Å²) in [5.41, 5.74) is 1.38. The first-order valence-corrected chi connectivity index (χ1v) is 5.19. The van der Waals surface area contributed by atoms with Gasteiger partial charge in [0.15, 0.2) is 0 Å². The van der Waals surface area contributed by atoms with Crippen LogP contribution >= 0.6 is 23.7 Å². The van der Waals surface area contributed by atoms with E-state index in [-0.39, 0.29) is 12.4 Å². The van der Waals surface area contributed by atoms with E-state index in [0.29, 0.717) is 18.4 Å². The lowest BCUT2D eigenvalue weighted by molar-refractivity contribution is 0.226. The van der Waals surface area contributed by atoms with Crippen molar-refractivity contribution in [2.45, 2.75) is 5.92 Å². The maximum atomic E-state index is 9.10. The Labute approximate surface area is 88.4 Å². The monoisotopic (exact) mass is 219 g/mol. The highest BCUT2D eigenvalue weighted by Gasteiger charge is 2.27. The summed E-state index contributed by atoms with van der Waals surface area (Å²) in [7, 11) is 0. The van der Waals surface area contributed by atoms with E-state index in [1.54, 1.807) is 11.3 Å². The lowest BCUT2D eigenvalue weighted by Gasteiger charge is -2.13. The summed E-state index contributed by atoms with van der Waals surface area (Å²) in [5.74, 6) is 0.945. The van der Waals surface area contributed by atoms with Gasteiger partial charge in [-0.15, -0.1) is 12.4 Å². The fourth-order valence-electron chi connectivity index (χ4n) is 1.80. The van der Waals surface area contributed by atoms with Gasteiger partial charge in [0.25, 0.3) is 0 Å². The molecule has 0 aromatic carbocycles. The van der Waals surface area contributed by atoms with E-state index >= 15 is 0 Å². The fraction of sp³-hybridized carbons (Fsp3) is 0.556. The Bertz CT molecular complexity index is 240. The zero-order valence-corrected chi connectivity index (χ0v) is 8.90. The van der Waals surface area contributed by atoms with E-state index in [0.717, 1.165) is 13.1 Å². The molecule has 2 rings (SSSR count). The third kappa shape index (κ3) is 2.23. The first-order chi connectivity index (χ1) is 5.92. The molecule has 2 heterocycles. The van der Waals surface area contributed by atoms with Gasteiger partial charge in [0.1, 0.15) is 0 Å². The first-order valence-electron chi connectivity index (χ1n) is 4.25. The molecule has 1 aromatic heterocycles. The van der Waals surface area contributed by atoms with Crippen LogP contribution in [0.4, 0.5) is 0 Å². The number of hydrogen-bond donors (Lipinski definition) is 2. The number of nitrogens with one attached hydrogen (secondary N) is 1. The maximum absolute atomic E-state index is 9.10. The maximum Gasteiger partial charge on any atom is 0.0477 e. The molecule has 74 valence electrons. The second kappa shape index (κ2) is 4.96. The number of thiophene rings is 1. The van der Waals surface area contributed by atoms with Gasteiger partial charge in [-0.3, -0.25) is 0 Å². The molecule has 1 saturated heterocycles. The van der Waals surface area contributed by atoms with Crippen molar-refractivity contribution in [3.63, 3.8) is 0 Å². The van der Waals surface area contributed by atoms with E-state index in [2.05, 4.69) is 22.1 Å². The van der Waals surface area contributed by atoms with Gasteiger partial charge in [-0.25, -0.2) is 0 Å². The zero-order chi connectivity index (χ0) is 8.39. The van der Waals surface area contributed by atoms with E-state index < -0.39 is 0 Å². The molecule has 0 bridgehead atoms. The van der Waals surface area contributed by atoms with Crippen LogP contribution in [0.25, 0.3) is 0 Å². The quantitative estimate of drug-likeness (QED) is 0.790. The average Bonchev–Trinajstić information content (AvgIpc) is 2.74. The SMILES string of the molecule is Cl.OC[C@@H]1CNC[C@H]1c1ccsc1.